The molecule has 2 fully saturated rings. The van der Waals surface area contributed by atoms with Crippen LogP contribution < -0.4 is 4.46 Å². The molecular weight excluding hydrogens is 479 g/mol. The molecule has 1 aromatic rings. The molecule has 188 valence electrons. The molecular formula is C28H46O4Se. The van der Waals surface area contributed by atoms with Gasteiger partial charge in [-0.2, -0.15) is 0 Å². The van der Waals surface area contributed by atoms with Gasteiger partial charge in [-0.05, 0) is 0 Å². The fraction of sp³-hybridized carbons (Fsp3) is 0.786. The van der Waals surface area contributed by atoms with Crippen molar-refractivity contribution in [3.63, 3.8) is 0 Å². The van der Waals surface area contributed by atoms with Crippen molar-refractivity contribution in [1.29, 1.82) is 0 Å². The minimum atomic E-state index is -0.512. The van der Waals surface area contributed by atoms with Gasteiger partial charge in [0.2, 0.25) is 0 Å². The van der Waals surface area contributed by atoms with Crippen molar-refractivity contribution in [3.05, 3.63) is 30.3 Å². The summed E-state index contributed by atoms with van der Waals surface area (Å²) in [5, 5.41) is 11.1. The summed E-state index contributed by atoms with van der Waals surface area (Å²) in [5.74, 6) is -0.512. The zero-order valence-electron chi connectivity index (χ0n) is 21.0. The van der Waals surface area contributed by atoms with E-state index >= 15 is 0 Å². The van der Waals surface area contributed by atoms with Crippen LogP contribution in [0.15, 0.2) is 30.3 Å². The number of ether oxygens (including phenoxy) is 3. The molecule has 2 aliphatic rings. The molecule has 33 heavy (non-hydrogen) atoms. The van der Waals surface area contributed by atoms with Crippen LogP contribution >= 0.6 is 0 Å². The number of rotatable bonds is 16. The first kappa shape index (κ1) is 27.2. The van der Waals surface area contributed by atoms with E-state index in [0.717, 1.165) is 19.3 Å². The molecule has 1 N–H and O–H groups in total. The molecule has 2 heterocycles. The van der Waals surface area contributed by atoms with Gasteiger partial charge in [0.25, 0.3) is 0 Å². The summed E-state index contributed by atoms with van der Waals surface area (Å²) in [7, 11) is 0. The Morgan fingerprint density at radius 2 is 1.55 bits per heavy atom. The molecule has 1 aromatic carbocycles. The van der Waals surface area contributed by atoms with E-state index in [1.54, 1.807) is 0 Å². The monoisotopic (exact) mass is 526 g/mol. The van der Waals surface area contributed by atoms with E-state index in [9.17, 15) is 5.11 Å². The Hall–Kier alpha value is -0.421. The summed E-state index contributed by atoms with van der Waals surface area (Å²) in [6.45, 7) is 6.79. The molecule has 4 nitrogen and oxygen atoms in total. The van der Waals surface area contributed by atoms with Crippen LogP contribution in [0.1, 0.15) is 97.8 Å². The molecule has 0 amide bonds. The van der Waals surface area contributed by atoms with E-state index in [2.05, 4.69) is 37.3 Å². The van der Waals surface area contributed by atoms with Crippen LogP contribution in [0.5, 0.6) is 0 Å². The molecule has 0 unspecified atom stereocenters. The fourth-order valence-corrected chi connectivity index (χ4v) is 7.48. The third-order valence-corrected chi connectivity index (χ3v) is 9.88. The van der Waals surface area contributed by atoms with E-state index in [4.69, 9.17) is 14.2 Å². The van der Waals surface area contributed by atoms with Gasteiger partial charge in [0.05, 0.1) is 0 Å². The van der Waals surface area contributed by atoms with Gasteiger partial charge in [0, 0.05) is 0 Å². The van der Waals surface area contributed by atoms with Crippen LogP contribution in [-0.4, -0.2) is 56.9 Å². The van der Waals surface area contributed by atoms with Crippen molar-refractivity contribution >= 4 is 19.4 Å². The summed E-state index contributed by atoms with van der Waals surface area (Å²) in [6.07, 6.45) is 15.0. The molecule has 5 atom stereocenters. The van der Waals surface area contributed by atoms with E-state index < -0.39 is 5.79 Å². The van der Waals surface area contributed by atoms with Gasteiger partial charge in [0.15, 0.2) is 0 Å². The number of unbranched alkanes of at least 4 members (excludes halogenated alkanes) is 9. The van der Waals surface area contributed by atoms with Crippen molar-refractivity contribution in [2.75, 3.05) is 6.61 Å². The van der Waals surface area contributed by atoms with Crippen LogP contribution in [0, 0.1) is 0 Å². The van der Waals surface area contributed by atoms with Crippen LogP contribution in [0.3, 0.4) is 0 Å². The van der Waals surface area contributed by atoms with Gasteiger partial charge >= 0.3 is 195 Å². The summed E-state index contributed by atoms with van der Waals surface area (Å²) < 4.78 is 19.4. The third-order valence-electron chi connectivity index (χ3n) is 6.87. The maximum absolute atomic E-state index is 11.1. The van der Waals surface area contributed by atoms with Crippen molar-refractivity contribution < 1.29 is 19.3 Å². The minimum absolute atomic E-state index is 0.0141. The summed E-state index contributed by atoms with van der Waals surface area (Å²) in [4.78, 5) is 0.199. The van der Waals surface area contributed by atoms with Gasteiger partial charge < -0.3 is 0 Å². The van der Waals surface area contributed by atoms with E-state index in [1.807, 2.05) is 13.8 Å². The standard InChI is InChI=1S/C28H46O4Se/c1-4-5-6-7-8-9-10-11-12-16-19-23(29)27(33-22-17-14-13-15-18-22)25-20-24(31-25)26-21-30-28(2,3)32-26/h13-15,17-18,23-27,29H,4-12,16,19-21H2,1-3H3/t23-,24+,25+,26+,27-/m0/s1. The van der Waals surface area contributed by atoms with Gasteiger partial charge in [0.1, 0.15) is 0 Å². The topological polar surface area (TPSA) is 47.9 Å². The average molecular weight is 526 g/mol. The second-order valence-electron chi connectivity index (χ2n) is 10.2. The molecule has 0 bridgehead atoms. The first-order valence-corrected chi connectivity index (χ1v) is 15.2. The predicted molar refractivity (Wildman–Crippen MR) is 136 cm³/mol. The quantitative estimate of drug-likeness (QED) is 0.219. The molecule has 0 aromatic heterocycles. The number of hydrogen-bond donors (Lipinski definition) is 1. The SMILES string of the molecule is CCCCCCCCCCCC[C@H](O)[C@H]([Se]c1ccccc1)[C@H]1C[C@H]([C@H]2COC(C)(C)O2)O1. The van der Waals surface area contributed by atoms with Crippen molar-refractivity contribution in [2.24, 2.45) is 0 Å². The molecule has 3 rings (SSSR count). The first-order chi connectivity index (χ1) is 16.0. The Bertz CT molecular complexity index is 647. The van der Waals surface area contributed by atoms with Gasteiger partial charge in [-0.25, -0.2) is 0 Å². The van der Waals surface area contributed by atoms with Crippen LogP contribution in [-0.2, 0) is 14.2 Å². The molecule has 0 radical (unpaired) electrons. The Balaban J connectivity index is 1.39. The first-order valence-electron chi connectivity index (χ1n) is 13.4. The van der Waals surface area contributed by atoms with E-state index in [1.165, 1.54) is 62.2 Å². The molecule has 5 heteroatoms. The van der Waals surface area contributed by atoms with Gasteiger partial charge in [-0.3, -0.25) is 0 Å². The Kier molecular flexibility index (Phi) is 11.7. The predicted octanol–water partition coefficient (Wildman–Crippen LogP) is 5.79. The van der Waals surface area contributed by atoms with Gasteiger partial charge in [-0.1, -0.05) is 13.3 Å². The number of hydrogen-bond acceptors (Lipinski definition) is 4. The number of benzene rings is 1. The molecule has 0 spiro atoms. The van der Waals surface area contributed by atoms with Crippen LogP contribution in [0.4, 0.5) is 0 Å². The van der Waals surface area contributed by atoms with Crippen molar-refractivity contribution in [2.45, 2.75) is 133 Å². The molecule has 2 aliphatic heterocycles. The van der Waals surface area contributed by atoms with Crippen molar-refractivity contribution in [1.82, 2.24) is 0 Å². The summed E-state index contributed by atoms with van der Waals surface area (Å²) in [6, 6.07) is 10.6. The van der Waals surface area contributed by atoms with Crippen molar-refractivity contribution in [3.8, 4) is 0 Å². The Morgan fingerprint density at radius 3 is 2.12 bits per heavy atom. The average Bonchev–Trinajstić information content (AvgIpc) is 3.13. The Labute approximate surface area is 208 Å². The normalized spacial score (nSPS) is 26.1. The summed E-state index contributed by atoms with van der Waals surface area (Å²) >= 11 is 0.196. The fourth-order valence-electron chi connectivity index (χ4n) is 4.86. The zero-order chi connectivity index (χ0) is 23.5. The van der Waals surface area contributed by atoms with E-state index in [0.29, 0.717) is 6.61 Å². The van der Waals surface area contributed by atoms with Gasteiger partial charge in [-0.15, -0.1) is 0 Å². The molecule has 0 aliphatic carbocycles. The molecule has 0 saturated carbocycles. The number of aliphatic hydroxyl groups excluding tert-OH is 1. The number of aliphatic hydroxyl groups is 1. The maximum atomic E-state index is 11.1. The second kappa shape index (κ2) is 14.2. The van der Waals surface area contributed by atoms with E-state index in [-0.39, 0.29) is 44.2 Å². The van der Waals surface area contributed by atoms with Crippen LogP contribution in [0.2, 0.25) is 4.82 Å². The van der Waals surface area contributed by atoms with Crippen LogP contribution in [0.25, 0.3) is 0 Å². The zero-order valence-corrected chi connectivity index (χ0v) is 22.8. The second-order valence-corrected chi connectivity index (χ2v) is 12.9. The molecule has 2 saturated heterocycles. The Morgan fingerprint density at radius 1 is 0.939 bits per heavy atom. The third kappa shape index (κ3) is 9.28. The summed E-state index contributed by atoms with van der Waals surface area (Å²) in [5.41, 5.74) is 0.